The first-order chi connectivity index (χ1) is 11.9. The number of phenolic OH excluding ortho intramolecular Hbond substituents is 1. The lowest BCUT2D eigenvalue weighted by molar-refractivity contribution is -0.147. The van der Waals surface area contributed by atoms with Crippen LogP contribution >= 0.6 is 0 Å². The average Bonchev–Trinajstić information content (AvgIpc) is 3.01. The van der Waals surface area contributed by atoms with Crippen molar-refractivity contribution in [2.24, 2.45) is 0 Å². The van der Waals surface area contributed by atoms with Crippen molar-refractivity contribution in [2.45, 2.75) is 51.1 Å². The van der Waals surface area contributed by atoms with Crippen molar-refractivity contribution in [3.8, 4) is 11.5 Å². The Morgan fingerprint density at radius 2 is 1.92 bits per heavy atom. The third-order valence-electron chi connectivity index (χ3n) is 5.43. The Morgan fingerprint density at radius 1 is 1.24 bits per heavy atom. The largest absolute Gasteiger partial charge is 0.504 e. The molecule has 1 aromatic rings. The van der Waals surface area contributed by atoms with Crippen molar-refractivity contribution < 1.29 is 19.4 Å². The minimum Gasteiger partial charge on any atom is -0.504 e. The number of methoxy groups -OCH3 is 1. The Labute approximate surface area is 148 Å². The fraction of sp³-hybridized carbons (Fsp3) is 0.579. The van der Waals surface area contributed by atoms with Crippen LogP contribution in [0.4, 0.5) is 0 Å². The Balaban J connectivity index is 1.93. The second-order valence-electron chi connectivity index (χ2n) is 7.17. The zero-order valence-corrected chi connectivity index (χ0v) is 15.1. The number of benzene rings is 1. The molecule has 1 N–H and O–H groups in total. The van der Waals surface area contributed by atoms with E-state index in [4.69, 9.17) is 4.74 Å². The highest BCUT2D eigenvalue weighted by Gasteiger charge is 2.53. The standard InChI is InChI=1S/C19H26N2O4/c1-13(2)20-10-4-8-19(18(20)24)9-5-11-21(19)17(23)14-6-7-15(22)16(12-14)25-3/h6-7,12-13,22H,4-5,8-11H2,1-3H3. The fourth-order valence-electron chi connectivity index (χ4n) is 4.13. The van der Waals surface area contributed by atoms with Crippen molar-refractivity contribution in [3.05, 3.63) is 23.8 Å². The van der Waals surface area contributed by atoms with Crippen molar-refractivity contribution >= 4 is 11.8 Å². The predicted octanol–water partition coefficient (Wildman–Crippen LogP) is 2.41. The van der Waals surface area contributed by atoms with Gasteiger partial charge in [-0.3, -0.25) is 9.59 Å². The van der Waals surface area contributed by atoms with Crippen LogP contribution in [0.2, 0.25) is 0 Å². The normalized spacial score (nSPS) is 23.6. The second-order valence-corrected chi connectivity index (χ2v) is 7.17. The number of carbonyl (C=O) groups is 2. The van der Waals surface area contributed by atoms with Crippen LogP contribution in [0.5, 0.6) is 11.5 Å². The van der Waals surface area contributed by atoms with E-state index in [0.29, 0.717) is 12.1 Å². The van der Waals surface area contributed by atoms with E-state index in [2.05, 4.69) is 0 Å². The van der Waals surface area contributed by atoms with Crippen molar-refractivity contribution in [1.29, 1.82) is 0 Å². The molecule has 0 aliphatic carbocycles. The molecule has 6 nitrogen and oxygen atoms in total. The predicted molar refractivity (Wildman–Crippen MR) is 93.7 cm³/mol. The van der Waals surface area contributed by atoms with Crippen LogP contribution in [-0.2, 0) is 4.79 Å². The lowest BCUT2D eigenvalue weighted by Gasteiger charge is -2.46. The van der Waals surface area contributed by atoms with Crippen LogP contribution < -0.4 is 4.74 Å². The number of carbonyl (C=O) groups excluding carboxylic acids is 2. The van der Waals surface area contributed by atoms with Crippen LogP contribution in [0.15, 0.2) is 18.2 Å². The molecule has 2 aliphatic rings. The molecule has 25 heavy (non-hydrogen) atoms. The van der Waals surface area contributed by atoms with Gasteiger partial charge < -0.3 is 19.6 Å². The minimum atomic E-state index is -0.718. The highest BCUT2D eigenvalue weighted by Crippen LogP contribution is 2.40. The number of rotatable bonds is 3. The summed E-state index contributed by atoms with van der Waals surface area (Å²) in [5.74, 6) is 0.160. The first-order valence-electron chi connectivity index (χ1n) is 8.91. The van der Waals surface area contributed by atoms with Crippen molar-refractivity contribution in [3.63, 3.8) is 0 Å². The number of nitrogens with zero attached hydrogens (tertiary/aromatic N) is 2. The van der Waals surface area contributed by atoms with E-state index in [1.54, 1.807) is 11.0 Å². The molecule has 136 valence electrons. The summed E-state index contributed by atoms with van der Waals surface area (Å²) in [5.41, 5.74) is -0.282. The molecule has 0 radical (unpaired) electrons. The molecular formula is C19H26N2O4. The molecule has 0 aromatic heterocycles. The SMILES string of the molecule is COc1cc(C(=O)N2CCCC23CCCN(C(C)C)C3=O)ccc1O. The zero-order chi connectivity index (χ0) is 18.2. The summed E-state index contributed by atoms with van der Waals surface area (Å²) in [4.78, 5) is 30.0. The molecule has 2 fully saturated rings. The second kappa shape index (κ2) is 6.58. The lowest BCUT2D eigenvalue weighted by Crippen LogP contribution is -2.62. The van der Waals surface area contributed by atoms with Crippen LogP contribution in [0.1, 0.15) is 49.9 Å². The minimum absolute atomic E-state index is 0.00471. The number of ether oxygens (including phenoxy) is 1. The third-order valence-corrected chi connectivity index (χ3v) is 5.43. The van der Waals surface area contributed by atoms with E-state index < -0.39 is 5.54 Å². The maximum absolute atomic E-state index is 13.2. The van der Waals surface area contributed by atoms with Gasteiger partial charge in [-0.05, 0) is 57.7 Å². The summed E-state index contributed by atoms with van der Waals surface area (Å²) in [6.07, 6.45) is 3.18. The van der Waals surface area contributed by atoms with Crippen molar-refractivity contribution in [2.75, 3.05) is 20.2 Å². The molecule has 2 saturated heterocycles. The summed E-state index contributed by atoms with van der Waals surface area (Å²) in [7, 11) is 1.45. The van der Waals surface area contributed by atoms with E-state index >= 15 is 0 Å². The number of hydrogen-bond donors (Lipinski definition) is 1. The van der Waals surface area contributed by atoms with Gasteiger partial charge in [0.15, 0.2) is 11.5 Å². The van der Waals surface area contributed by atoms with Gasteiger partial charge in [0.25, 0.3) is 5.91 Å². The molecule has 1 unspecified atom stereocenters. The smallest absolute Gasteiger partial charge is 0.254 e. The molecule has 6 heteroatoms. The molecule has 2 aliphatic heterocycles. The summed E-state index contributed by atoms with van der Waals surface area (Å²) in [6.45, 7) is 5.37. The Morgan fingerprint density at radius 3 is 2.56 bits per heavy atom. The fourth-order valence-corrected chi connectivity index (χ4v) is 4.13. The number of phenols is 1. The highest BCUT2D eigenvalue weighted by molar-refractivity contribution is 6.00. The van der Waals surface area contributed by atoms with Crippen LogP contribution in [-0.4, -0.2) is 58.5 Å². The third kappa shape index (κ3) is 2.83. The van der Waals surface area contributed by atoms with E-state index in [1.165, 1.54) is 19.2 Å². The molecule has 0 bridgehead atoms. The number of piperidine rings is 1. The maximum Gasteiger partial charge on any atom is 0.254 e. The number of likely N-dealkylation sites (tertiary alicyclic amines) is 2. The van der Waals surface area contributed by atoms with Gasteiger partial charge in [-0.15, -0.1) is 0 Å². The maximum atomic E-state index is 13.2. The summed E-state index contributed by atoms with van der Waals surface area (Å²) in [6, 6.07) is 4.71. The average molecular weight is 346 g/mol. The van der Waals surface area contributed by atoms with Crippen LogP contribution in [0, 0.1) is 0 Å². The van der Waals surface area contributed by atoms with Gasteiger partial charge in [0.2, 0.25) is 5.91 Å². The molecular weight excluding hydrogens is 320 g/mol. The molecule has 1 aromatic carbocycles. The summed E-state index contributed by atoms with van der Waals surface area (Å²) in [5, 5.41) is 9.75. The monoisotopic (exact) mass is 346 g/mol. The highest BCUT2D eigenvalue weighted by atomic mass is 16.5. The van der Waals surface area contributed by atoms with Crippen LogP contribution in [0.3, 0.4) is 0 Å². The Kier molecular flexibility index (Phi) is 4.62. The summed E-state index contributed by atoms with van der Waals surface area (Å²) < 4.78 is 5.11. The molecule has 0 saturated carbocycles. The molecule has 1 atom stereocenters. The molecule has 1 spiro atoms. The first kappa shape index (κ1) is 17.6. The van der Waals surface area contributed by atoms with Crippen molar-refractivity contribution in [1.82, 2.24) is 9.80 Å². The van der Waals surface area contributed by atoms with Gasteiger partial charge in [-0.1, -0.05) is 0 Å². The Hall–Kier alpha value is -2.24. The summed E-state index contributed by atoms with van der Waals surface area (Å²) >= 11 is 0. The van der Waals surface area contributed by atoms with E-state index in [1.807, 2.05) is 18.7 Å². The number of aromatic hydroxyl groups is 1. The molecule has 3 rings (SSSR count). The van der Waals surface area contributed by atoms with Gasteiger partial charge in [0, 0.05) is 24.7 Å². The molecule has 2 amide bonds. The quantitative estimate of drug-likeness (QED) is 0.912. The number of amides is 2. The lowest BCUT2D eigenvalue weighted by atomic mass is 9.84. The van der Waals surface area contributed by atoms with E-state index in [-0.39, 0.29) is 29.4 Å². The van der Waals surface area contributed by atoms with Gasteiger partial charge >= 0.3 is 0 Å². The van der Waals surface area contributed by atoms with Gasteiger partial charge in [0.05, 0.1) is 7.11 Å². The topological polar surface area (TPSA) is 70.1 Å². The van der Waals surface area contributed by atoms with E-state index in [9.17, 15) is 14.7 Å². The molecule has 2 heterocycles. The zero-order valence-electron chi connectivity index (χ0n) is 15.1. The van der Waals surface area contributed by atoms with Crippen LogP contribution in [0.25, 0.3) is 0 Å². The van der Waals surface area contributed by atoms with E-state index in [0.717, 1.165) is 32.2 Å². The number of hydrogen-bond acceptors (Lipinski definition) is 4. The first-order valence-corrected chi connectivity index (χ1v) is 8.91. The van der Waals surface area contributed by atoms with Gasteiger partial charge in [-0.25, -0.2) is 0 Å². The van der Waals surface area contributed by atoms with Gasteiger partial charge in [0.1, 0.15) is 5.54 Å². The Bertz CT molecular complexity index is 688. The van der Waals surface area contributed by atoms with Gasteiger partial charge in [-0.2, -0.15) is 0 Å².